The van der Waals surface area contributed by atoms with E-state index >= 15 is 0 Å². The van der Waals surface area contributed by atoms with Crippen molar-refractivity contribution in [2.24, 2.45) is 0 Å². The van der Waals surface area contributed by atoms with Crippen molar-refractivity contribution in [1.82, 2.24) is 29.8 Å². The van der Waals surface area contributed by atoms with Gasteiger partial charge >= 0.3 is 0 Å². The second-order valence-electron chi connectivity index (χ2n) is 6.97. The van der Waals surface area contributed by atoms with Crippen LogP contribution in [0.1, 0.15) is 35.8 Å². The molecule has 0 amide bonds. The predicted octanol–water partition coefficient (Wildman–Crippen LogP) is 2.31. The molecule has 3 aromatic rings. The van der Waals surface area contributed by atoms with Gasteiger partial charge in [0, 0.05) is 61.0 Å². The lowest BCUT2D eigenvalue weighted by Crippen LogP contribution is -2.34. The molecule has 0 saturated carbocycles. The fraction of sp³-hybridized carbons (Fsp3) is 0.350. The lowest BCUT2D eigenvalue weighted by atomic mass is 9.94. The molecule has 1 aliphatic rings. The SMILES string of the molecule is Cc1ncc(CN2CCC[C@H](c3cc(=O)[nH]c(-c4cccnc4)n3)C2)cn1. The molecule has 0 unspecified atom stereocenters. The first kappa shape index (κ1) is 17.5. The van der Waals surface area contributed by atoms with E-state index in [4.69, 9.17) is 4.98 Å². The molecule has 1 saturated heterocycles. The number of piperidine rings is 1. The highest BCUT2D eigenvalue weighted by Gasteiger charge is 2.23. The van der Waals surface area contributed by atoms with Crippen LogP contribution in [0.2, 0.25) is 0 Å². The smallest absolute Gasteiger partial charge is 0.251 e. The highest BCUT2D eigenvalue weighted by atomic mass is 16.1. The minimum atomic E-state index is -0.122. The van der Waals surface area contributed by atoms with Gasteiger partial charge in [-0.25, -0.2) is 15.0 Å². The molecule has 1 N–H and O–H groups in total. The largest absolute Gasteiger partial charge is 0.306 e. The summed E-state index contributed by atoms with van der Waals surface area (Å²) in [6, 6.07) is 5.37. The number of nitrogens with zero attached hydrogens (tertiary/aromatic N) is 5. The summed E-state index contributed by atoms with van der Waals surface area (Å²) in [5.41, 5.74) is 2.66. The first-order chi connectivity index (χ1) is 13.2. The first-order valence-corrected chi connectivity index (χ1v) is 9.19. The van der Waals surface area contributed by atoms with Gasteiger partial charge in [-0.15, -0.1) is 0 Å². The molecule has 1 aliphatic heterocycles. The Labute approximate surface area is 157 Å². The highest BCUT2D eigenvalue weighted by molar-refractivity contribution is 5.52. The molecule has 1 atom stereocenters. The van der Waals surface area contributed by atoms with Crippen LogP contribution in [0.5, 0.6) is 0 Å². The van der Waals surface area contributed by atoms with Crippen LogP contribution in [-0.2, 0) is 6.54 Å². The van der Waals surface area contributed by atoms with E-state index in [2.05, 4.69) is 24.8 Å². The van der Waals surface area contributed by atoms with Crippen LogP contribution in [0, 0.1) is 6.92 Å². The molecule has 0 aromatic carbocycles. The topological polar surface area (TPSA) is 87.7 Å². The molecule has 7 heteroatoms. The predicted molar refractivity (Wildman–Crippen MR) is 102 cm³/mol. The highest BCUT2D eigenvalue weighted by Crippen LogP contribution is 2.26. The van der Waals surface area contributed by atoms with Crippen LogP contribution in [-0.4, -0.2) is 42.9 Å². The van der Waals surface area contributed by atoms with Crippen LogP contribution in [0.15, 0.2) is 47.8 Å². The van der Waals surface area contributed by atoms with E-state index in [0.29, 0.717) is 5.82 Å². The van der Waals surface area contributed by atoms with Gasteiger partial charge in [0.05, 0.1) is 5.69 Å². The van der Waals surface area contributed by atoms with Crippen molar-refractivity contribution in [3.05, 3.63) is 70.4 Å². The van der Waals surface area contributed by atoms with E-state index in [0.717, 1.165) is 55.1 Å². The van der Waals surface area contributed by atoms with Gasteiger partial charge in [0.1, 0.15) is 11.6 Å². The van der Waals surface area contributed by atoms with E-state index in [-0.39, 0.29) is 11.5 Å². The Morgan fingerprint density at radius 1 is 1.26 bits per heavy atom. The van der Waals surface area contributed by atoms with Crippen molar-refractivity contribution in [1.29, 1.82) is 0 Å². The summed E-state index contributed by atoms with van der Waals surface area (Å²) in [7, 11) is 0. The second-order valence-corrected chi connectivity index (χ2v) is 6.97. The van der Waals surface area contributed by atoms with Gasteiger partial charge in [-0.1, -0.05) is 0 Å². The molecule has 4 rings (SSSR count). The Kier molecular flexibility index (Phi) is 5.02. The van der Waals surface area contributed by atoms with Crippen LogP contribution >= 0.6 is 0 Å². The zero-order chi connectivity index (χ0) is 18.6. The maximum absolute atomic E-state index is 12.2. The second kappa shape index (κ2) is 7.75. The van der Waals surface area contributed by atoms with Gasteiger partial charge in [0.15, 0.2) is 0 Å². The summed E-state index contributed by atoms with van der Waals surface area (Å²) in [5.74, 6) is 1.60. The minimum Gasteiger partial charge on any atom is -0.306 e. The number of aromatic amines is 1. The van der Waals surface area contributed by atoms with Gasteiger partial charge in [-0.05, 0) is 38.4 Å². The molecule has 7 nitrogen and oxygen atoms in total. The Morgan fingerprint density at radius 3 is 2.89 bits per heavy atom. The fourth-order valence-electron chi connectivity index (χ4n) is 3.52. The summed E-state index contributed by atoms with van der Waals surface area (Å²) >= 11 is 0. The molecule has 0 bridgehead atoms. The third-order valence-corrected chi connectivity index (χ3v) is 4.86. The summed E-state index contributed by atoms with van der Waals surface area (Å²) in [6.07, 6.45) is 9.31. The number of aryl methyl sites for hydroxylation is 1. The maximum atomic E-state index is 12.2. The molecule has 0 radical (unpaired) electrons. The van der Waals surface area contributed by atoms with Crippen molar-refractivity contribution in [2.75, 3.05) is 13.1 Å². The van der Waals surface area contributed by atoms with Gasteiger partial charge in [0.2, 0.25) is 0 Å². The number of hydrogen-bond donors (Lipinski definition) is 1. The zero-order valence-corrected chi connectivity index (χ0v) is 15.3. The molecule has 0 aliphatic carbocycles. The minimum absolute atomic E-state index is 0.122. The van der Waals surface area contributed by atoms with Crippen molar-refractivity contribution < 1.29 is 0 Å². The Balaban J connectivity index is 1.53. The molecular weight excluding hydrogens is 340 g/mol. The van der Waals surface area contributed by atoms with Gasteiger partial charge in [-0.3, -0.25) is 14.7 Å². The van der Waals surface area contributed by atoms with Crippen molar-refractivity contribution in [3.63, 3.8) is 0 Å². The molecule has 27 heavy (non-hydrogen) atoms. The summed E-state index contributed by atoms with van der Waals surface area (Å²) in [4.78, 5) is 34.8. The zero-order valence-electron chi connectivity index (χ0n) is 15.3. The van der Waals surface area contributed by atoms with Gasteiger partial charge in [-0.2, -0.15) is 0 Å². The Hall–Kier alpha value is -2.93. The average molecular weight is 362 g/mol. The summed E-state index contributed by atoms with van der Waals surface area (Å²) in [5, 5.41) is 0. The van der Waals surface area contributed by atoms with Gasteiger partial charge < -0.3 is 4.98 Å². The van der Waals surface area contributed by atoms with Crippen LogP contribution < -0.4 is 5.56 Å². The standard InChI is InChI=1S/C20H22N6O/c1-14-22-9-15(10-23-14)12-26-7-3-5-17(13-26)18-8-19(27)25-20(24-18)16-4-2-6-21-11-16/h2,4,6,8-11,17H,3,5,7,12-13H2,1H3,(H,24,25,27)/t17-/m0/s1. The molecule has 3 aromatic heterocycles. The number of likely N-dealkylation sites (tertiary alicyclic amines) is 1. The van der Waals surface area contributed by atoms with Gasteiger partial charge in [0.25, 0.3) is 5.56 Å². The number of aromatic nitrogens is 5. The number of nitrogens with one attached hydrogen (secondary N) is 1. The maximum Gasteiger partial charge on any atom is 0.251 e. The average Bonchev–Trinajstić information content (AvgIpc) is 2.70. The lowest BCUT2D eigenvalue weighted by Gasteiger charge is -2.32. The lowest BCUT2D eigenvalue weighted by molar-refractivity contribution is 0.198. The van der Waals surface area contributed by atoms with E-state index in [1.54, 1.807) is 18.5 Å². The number of pyridine rings is 1. The quantitative estimate of drug-likeness (QED) is 0.766. The third-order valence-electron chi connectivity index (χ3n) is 4.86. The van der Waals surface area contributed by atoms with Crippen LogP contribution in [0.4, 0.5) is 0 Å². The normalized spacial score (nSPS) is 17.7. The van der Waals surface area contributed by atoms with E-state index < -0.39 is 0 Å². The van der Waals surface area contributed by atoms with Crippen LogP contribution in [0.25, 0.3) is 11.4 Å². The monoisotopic (exact) mass is 362 g/mol. The van der Waals surface area contributed by atoms with Crippen molar-refractivity contribution in [3.8, 4) is 11.4 Å². The molecule has 4 heterocycles. The Morgan fingerprint density at radius 2 is 2.11 bits per heavy atom. The fourth-order valence-corrected chi connectivity index (χ4v) is 3.52. The number of hydrogen-bond acceptors (Lipinski definition) is 6. The molecule has 0 spiro atoms. The molecule has 138 valence electrons. The van der Waals surface area contributed by atoms with Crippen molar-refractivity contribution in [2.45, 2.75) is 32.2 Å². The Bertz CT molecular complexity index is 954. The van der Waals surface area contributed by atoms with Crippen molar-refractivity contribution >= 4 is 0 Å². The summed E-state index contributed by atoms with van der Waals surface area (Å²) < 4.78 is 0. The summed E-state index contributed by atoms with van der Waals surface area (Å²) in [6.45, 7) is 4.61. The third kappa shape index (κ3) is 4.25. The van der Waals surface area contributed by atoms with E-state index in [1.807, 2.05) is 31.5 Å². The van der Waals surface area contributed by atoms with Crippen LogP contribution in [0.3, 0.4) is 0 Å². The molecular formula is C20H22N6O. The van der Waals surface area contributed by atoms with E-state index in [1.165, 1.54) is 0 Å². The number of H-pyrrole nitrogens is 1. The van der Waals surface area contributed by atoms with E-state index in [9.17, 15) is 4.79 Å². The first-order valence-electron chi connectivity index (χ1n) is 9.19. The number of rotatable bonds is 4. The molecule has 1 fully saturated rings.